The van der Waals surface area contributed by atoms with Gasteiger partial charge in [0.2, 0.25) is 0 Å². The Morgan fingerprint density at radius 1 is 1.44 bits per heavy atom. The van der Waals surface area contributed by atoms with Crippen LogP contribution in [0.1, 0.15) is 25.0 Å². The second kappa shape index (κ2) is 5.16. The average Bonchev–Trinajstić information content (AvgIpc) is 2.24. The summed E-state index contributed by atoms with van der Waals surface area (Å²) < 4.78 is 41.7. The number of aliphatic hydroxyl groups excluding tert-OH is 1. The Labute approximate surface area is 90.9 Å². The number of hydrogen-bond donors (Lipinski definition) is 1. The van der Waals surface area contributed by atoms with Crippen LogP contribution in [0.25, 0.3) is 0 Å². The highest BCUT2D eigenvalue weighted by molar-refractivity contribution is 5.25. The van der Waals surface area contributed by atoms with Crippen LogP contribution in [0.4, 0.5) is 13.2 Å². The third kappa shape index (κ3) is 3.37. The van der Waals surface area contributed by atoms with Crippen LogP contribution < -0.4 is 4.74 Å². The largest absolute Gasteiger partial charge is 0.492 e. The van der Waals surface area contributed by atoms with Crippen LogP contribution in [0.2, 0.25) is 0 Å². The molecule has 0 aromatic carbocycles. The maximum Gasteiger partial charge on any atom is 0.418 e. The predicted molar refractivity (Wildman–Crippen MR) is 51.0 cm³/mol. The maximum absolute atomic E-state index is 12.2. The quantitative estimate of drug-likeness (QED) is 0.871. The van der Waals surface area contributed by atoms with Gasteiger partial charge in [0.05, 0.1) is 12.8 Å². The van der Waals surface area contributed by atoms with E-state index in [0.29, 0.717) is 6.61 Å². The first-order valence-corrected chi connectivity index (χ1v) is 4.77. The average molecular weight is 235 g/mol. The molecule has 0 unspecified atom stereocenters. The van der Waals surface area contributed by atoms with E-state index < -0.39 is 12.3 Å². The topological polar surface area (TPSA) is 42.4 Å². The molecule has 1 rings (SSSR count). The minimum Gasteiger partial charge on any atom is -0.492 e. The van der Waals surface area contributed by atoms with Crippen LogP contribution in [0.15, 0.2) is 18.5 Å². The summed E-state index contributed by atoms with van der Waals surface area (Å²) in [7, 11) is 0. The van der Waals surface area contributed by atoms with Crippen molar-refractivity contribution in [1.29, 1.82) is 0 Å². The second-order valence-corrected chi connectivity index (χ2v) is 3.25. The lowest BCUT2D eigenvalue weighted by Crippen LogP contribution is -2.20. The van der Waals surface area contributed by atoms with Gasteiger partial charge in [-0.25, -0.2) is 0 Å². The van der Waals surface area contributed by atoms with Crippen molar-refractivity contribution in [3.8, 4) is 5.75 Å². The Bertz CT molecular complexity index is 341. The molecule has 1 aromatic rings. The molecule has 1 aromatic heterocycles. The number of hydrogen-bond acceptors (Lipinski definition) is 3. The predicted octanol–water partition coefficient (Wildman–Crippen LogP) is 2.47. The molecule has 1 heterocycles. The molecule has 1 N–H and O–H groups in total. The fourth-order valence-corrected chi connectivity index (χ4v) is 1.07. The number of halogens is 3. The summed E-state index contributed by atoms with van der Waals surface area (Å²) in [6.07, 6.45) is -4.19. The summed E-state index contributed by atoms with van der Waals surface area (Å²) in [5.41, 5.74) is -0.318. The van der Waals surface area contributed by atoms with E-state index in [9.17, 15) is 13.2 Å². The van der Waals surface area contributed by atoms with Gasteiger partial charge in [-0.3, -0.25) is 4.98 Å². The van der Waals surface area contributed by atoms with Gasteiger partial charge >= 0.3 is 6.18 Å². The first kappa shape index (κ1) is 12.8. The summed E-state index contributed by atoms with van der Waals surface area (Å²) in [5.74, 6) is 0.225. The van der Waals surface area contributed by atoms with Crippen LogP contribution in [-0.4, -0.2) is 22.9 Å². The van der Waals surface area contributed by atoms with Gasteiger partial charge in [-0.1, -0.05) is 6.92 Å². The number of nitrogens with zero attached hydrogens (tertiary/aromatic N) is 1. The van der Waals surface area contributed by atoms with Crippen molar-refractivity contribution in [3.05, 3.63) is 24.0 Å². The number of aliphatic hydroxyl groups is 1. The number of rotatable bonds is 4. The second-order valence-electron chi connectivity index (χ2n) is 3.25. The number of alkyl halides is 3. The lowest BCUT2D eigenvalue weighted by molar-refractivity contribution is -0.206. The molecule has 0 saturated carbocycles. The van der Waals surface area contributed by atoms with Gasteiger partial charge in [0, 0.05) is 11.8 Å². The minimum atomic E-state index is -4.69. The Morgan fingerprint density at radius 3 is 2.69 bits per heavy atom. The molecule has 0 spiro atoms. The third-order valence-corrected chi connectivity index (χ3v) is 1.83. The molecule has 1 atom stereocenters. The molecule has 16 heavy (non-hydrogen) atoms. The normalized spacial score (nSPS) is 13.6. The lowest BCUT2D eigenvalue weighted by Gasteiger charge is -2.15. The van der Waals surface area contributed by atoms with Gasteiger partial charge in [-0.05, 0) is 12.5 Å². The van der Waals surface area contributed by atoms with Gasteiger partial charge in [-0.15, -0.1) is 0 Å². The summed E-state index contributed by atoms with van der Waals surface area (Å²) in [4.78, 5) is 3.59. The fraction of sp³-hybridized carbons (Fsp3) is 0.500. The number of aromatic nitrogens is 1. The Morgan fingerprint density at radius 2 is 2.12 bits per heavy atom. The van der Waals surface area contributed by atoms with Crippen molar-refractivity contribution in [2.75, 3.05) is 6.61 Å². The van der Waals surface area contributed by atoms with Crippen LogP contribution in [0.5, 0.6) is 5.75 Å². The van der Waals surface area contributed by atoms with Crippen molar-refractivity contribution in [2.24, 2.45) is 0 Å². The molecule has 0 radical (unpaired) electrons. The van der Waals surface area contributed by atoms with E-state index in [-0.39, 0.29) is 11.3 Å². The molecular weight excluding hydrogens is 223 g/mol. The van der Waals surface area contributed by atoms with Crippen LogP contribution >= 0.6 is 0 Å². The van der Waals surface area contributed by atoms with E-state index in [1.165, 1.54) is 6.20 Å². The molecule has 0 amide bonds. The number of ether oxygens (including phenoxy) is 1. The standard InChI is InChI=1S/C10H12F3NO2/c1-2-3-16-8-4-7(5-14-6-8)9(15)10(11,12)13/h4-6,9,15H,2-3H2,1H3/t9-/m0/s1. The molecule has 0 aliphatic heterocycles. The molecule has 90 valence electrons. The monoisotopic (exact) mass is 235 g/mol. The van der Waals surface area contributed by atoms with Gasteiger partial charge in [0.1, 0.15) is 5.75 Å². The summed E-state index contributed by atoms with van der Waals surface area (Å²) >= 11 is 0. The van der Waals surface area contributed by atoms with Crippen LogP contribution in [0, 0.1) is 0 Å². The molecule has 3 nitrogen and oxygen atoms in total. The molecular formula is C10H12F3NO2. The lowest BCUT2D eigenvalue weighted by atomic mass is 10.1. The zero-order valence-electron chi connectivity index (χ0n) is 8.66. The van der Waals surface area contributed by atoms with Gasteiger partial charge in [0.15, 0.2) is 6.10 Å². The molecule has 0 fully saturated rings. The van der Waals surface area contributed by atoms with Gasteiger partial charge < -0.3 is 9.84 Å². The van der Waals surface area contributed by atoms with E-state index in [4.69, 9.17) is 9.84 Å². The summed E-state index contributed by atoms with van der Waals surface area (Å²) in [6.45, 7) is 2.27. The highest BCUT2D eigenvalue weighted by atomic mass is 19.4. The minimum absolute atomic E-state index is 0.225. The van der Waals surface area contributed by atoms with Crippen molar-refractivity contribution in [2.45, 2.75) is 25.6 Å². The van der Waals surface area contributed by atoms with E-state index in [2.05, 4.69) is 4.98 Å². The van der Waals surface area contributed by atoms with E-state index in [1.54, 1.807) is 0 Å². The molecule has 6 heteroatoms. The van der Waals surface area contributed by atoms with Gasteiger partial charge in [-0.2, -0.15) is 13.2 Å². The molecule has 0 bridgehead atoms. The molecule has 0 saturated heterocycles. The zero-order chi connectivity index (χ0) is 12.2. The summed E-state index contributed by atoms with van der Waals surface area (Å²) in [6, 6.07) is 1.14. The molecule has 0 aliphatic rings. The SMILES string of the molecule is CCCOc1cncc([C@H](O)C(F)(F)F)c1. The Kier molecular flexibility index (Phi) is 4.12. The van der Waals surface area contributed by atoms with Crippen molar-refractivity contribution in [1.82, 2.24) is 4.98 Å². The van der Waals surface area contributed by atoms with Crippen molar-refractivity contribution >= 4 is 0 Å². The van der Waals surface area contributed by atoms with Crippen LogP contribution in [-0.2, 0) is 0 Å². The van der Waals surface area contributed by atoms with Crippen molar-refractivity contribution in [3.63, 3.8) is 0 Å². The number of pyridine rings is 1. The fourth-order valence-electron chi connectivity index (χ4n) is 1.07. The molecule has 0 aliphatic carbocycles. The smallest absolute Gasteiger partial charge is 0.418 e. The highest BCUT2D eigenvalue weighted by Crippen LogP contribution is 2.33. The Balaban J connectivity index is 2.81. The summed E-state index contributed by atoms with van der Waals surface area (Å²) in [5, 5.41) is 8.99. The first-order chi connectivity index (χ1) is 7.45. The van der Waals surface area contributed by atoms with Crippen LogP contribution in [0.3, 0.4) is 0 Å². The van der Waals surface area contributed by atoms with E-state index in [0.717, 1.165) is 18.7 Å². The Hall–Kier alpha value is -1.30. The maximum atomic E-state index is 12.2. The third-order valence-electron chi connectivity index (χ3n) is 1.83. The van der Waals surface area contributed by atoms with Crippen molar-refractivity contribution < 1.29 is 23.0 Å². The first-order valence-electron chi connectivity index (χ1n) is 4.77. The van der Waals surface area contributed by atoms with E-state index >= 15 is 0 Å². The van der Waals surface area contributed by atoms with Gasteiger partial charge in [0.25, 0.3) is 0 Å². The highest BCUT2D eigenvalue weighted by Gasteiger charge is 2.39. The van der Waals surface area contributed by atoms with E-state index in [1.807, 2.05) is 6.92 Å². The zero-order valence-corrected chi connectivity index (χ0v) is 8.66.